The van der Waals surface area contributed by atoms with E-state index >= 15 is 0 Å². The first-order chi connectivity index (χ1) is 17.9. The standard InChI is InChI=1S/C28H30N4OS.CH3NO/c1-20-6-7-22(16-21(20)2)18-27-29-28(31-30-27)25-10-8-24(9-11-25)26-5-3-4-23(17-26)19-32-12-14-34(33)15-13-32;2-1-3/h3-11,16-17H,12-15,18-19H2,1-2H3,(H,29,30,31);1H,(H2,2,3). The number of aromatic amines is 1. The van der Waals surface area contributed by atoms with Crippen molar-refractivity contribution in [3.8, 4) is 22.5 Å². The fraction of sp³-hybridized carbons (Fsp3) is 0.276. The van der Waals surface area contributed by atoms with Gasteiger partial charge in [-0.1, -0.05) is 60.7 Å². The number of aromatic nitrogens is 3. The van der Waals surface area contributed by atoms with Crippen molar-refractivity contribution in [2.24, 2.45) is 5.73 Å². The minimum absolute atomic E-state index is 0.250. The van der Waals surface area contributed by atoms with Crippen molar-refractivity contribution < 1.29 is 9.00 Å². The first kappa shape index (κ1) is 26.4. The summed E-state index contributed by atoms with van der Waals surface area (Å²) in [7, 11) is -0.636. The summed E-state index contributed by atoms with van der Waals surface area (Å²) in [6.45, 7) is 6.99. The summed E-state index contributed by atoms with van der Waals surface area (Å²) in [6.07, 6.45) is 0.992. The molecule has 2 heterocycles. The van der Waals surface area contributed by atoms with Crippen molar-refractivity contribution >= 4 is 17.2 Å². The van der Waals surface area contributed by atoms with Gasteiger partial charge in [0.1, 0.15) is 5.82 Å². The van der Waals surface area contributed by atoms with E-state index in [1.165, 1.54) is 33.4 Å². The van der Waals surface area contributed by atoms with Crippen LogP contribution >= 0.6 is 0 Å². The van der Waals surface area contributed by atoms with Crippen molar-refractivity contribution in [1.82, 2.24) is 20.1 Å². The predicted molar refractivity (Wildman–Crippen MR) is 149 cm³/mol. The van der Waals surface area contributed by atoms with Gasteiger partial charge in [0.15, 0.2) is 5.82 Å². The third-order valence-corrected chi connectivity index (χ3v) is 7.83. The molecule has 1 aromatic heterocycles. The topological polar surface area (TPSA) is 105 Å². The first-order valence-electron chi connectivity index (χ1n) is 12.3. The Kier molecular flexibility index (Phi) is 8.98. The summed E-state index contributed by atoms with van der Waals surface area (Å²) in [6, 6.07) is 23.7. The summed E-state index contributed by atoms with van der Waals surface area (Å²) in [5.41, 5.74) is 12.7. The van der Waals surface area contributed by atoms with Gasteiger partial charge in [-0.25, -0.2) is 4.98 Å². The third-order valence-electron chi connectivity index (χ3n) is 6.55. The van der Waals surface area contributed by atoms with Gasteiger partial charge in [-0.15, -0.1) is 0 Å². The number of rotatable bonds is 6. The Morgan fingerprint density at radius 3 is 2.32 bits per heavy atom. The van der Waals surface area contributed by atoms with Crippen LogP contribution in [0.2, 0.25) is 0 Å². The highest BCUT2D eigenvalue weighted by molar-refractivity contribution is 7.85. The fourth-order valence-electron chi connectivity index (χ4n) is 4.36. The molecule has 37 heavy (non-hydrogen) atoms. The summed E-state index contributed by atoms with van der Waals surface area (Å²) < 4.78 is 11.6. The highest BCUT2D eigenvalue weighted by atomic mass is 32.2. The average Bonchev–Trinajstić information content (AvgIpc) is 3.37. The maximum absolute atomic E-state index is 11.6. The van der Waals surface area contributed by atoms with Crippen molar-refractivity contribution in [2.75, 3.05) is 24.6 Å². The molecule has 0 aliphatic carbocycles. The molecule has 1 aliphatic heterocycles. The average molecular weight is 516 g/mol. The van der Waals surface area contributed by atoms with Crippen molar-refractivity contribution in [3.05, 3.63) is 94.8 Å². The molecule has 7 nitrogen and oxygen atoms in total. The van der Waals surface area contributed by atoms with Gasteiger partial charge < -0.3 is 5.73 Å². The van der Waals surface area contributed by atoms with Gasteiger partial charge in [0.05, 0.1) is 0 Å². The molecule has 0 spiro atoms. The minimum atomic E-state index is -0.636. The van der Waals surface area contributed by atoms with E-state index in [9.17, 15) is 4.21 Å². The second-order valence-electron chi connectivity index (χ2n) is 9.24. The quantitative estimate of drug-likeness (QED) is 0.378. The number of nitrogens with two attached hydrogens (primary N) is 1. The van der Waals surface area contributed by atoms with E-state index in [1.54, 1.807) is 0 Å². The van der Waals surface area contributed by atoms with E-state index in [1.807, 2.05) is 0 Å². The van der Waals surface area contributed by atoms with Crippen LogP contribution in [0.3, 0.4) is 0 Å². The normalized spacial score (nSPS) is 14.1. The van der Waals surface area contributed by atoms with Gasteiger partial charge >= 0.3 is 0 Å². The van der Waals surface area contributed by atoms with Crippen LogP contribution in [-0.2, 0) is 28.6 Å². The minimum Gasteiger partial charge on any atom is -0.372 e. The molecular weight excluding hydrogens is 482 g/mol. The number of primary amides is 1. The molecule has 1 amide bonds. The summed E-state index contributed by atoms with van der Waals surface area (Å²) >= 11 is 0. The van der Waals surface area contributed by atoms with Crippen molar-refractivity contribution in [1.29, 1.82) is 0 Å². The van der Waals surface area contributed by atoms with Gasteiger partial charge in [0, 0.05) is 53.9 Å². The number of nitrogens with one attached hydrogen (secondary N) is 1. The van der Waals surface area contributed by atoms with Crippen LogP contribution in [0.4, 0.5) is 0 Å². The highest BCUT2D eigenvalue weighted by Crippen LogP contribution is 2.25. The molecule has 4 aromatic rings. The Labute approximate surface area is 220 Å². The molecule has 0 unspecified atom stereocenters. The largest absolute Gasteiger partial charge is 0.372 e. The van der Waals surface area contributed by atoms with Gasteiger partial charge in [-0.05, 0) is 53.3 Å². The lowest BCUT2D eigenvalue weighted by atomic mass is 10.0. The van der Waals surface area contributed by atoms with Crippen LogP contribution in [-0.4, -0.2) is 55.3 Å². The third kappa shape index (κ3) is 7.21. The molecule has 0 atom stereocenters. The molecule has 1 aliphatic rings. The lowest BCUT2D eigenvalue weighted by molar-refractivity contribution is -0.106. The molecule has 3 aromatic carbocycles. The number of H-pyrrole nitrogens is 1. The number of aryl methyl sites for hydroxylation is 2. The smallest absolute Gasteiger partial charge is 0.204 e. The second-order valence-corrected chi connectivity index (χ2v) is 10.9. The zero-order valence-electron chi connectivity index (χ0n) is 21.3. The highest BCUT2D eigenvalue weighted by Gasteiger charge is 2.15. The van der Waals surface area contributed by atoms with Crippen molar-refractivity contribution in [2.45, 2.75) is 26.8 Å². The number of benzene rings is 3. The Bertz CT molecular complexity index is 1360. The number of amides is 1. The second kappa shape index (κ2) is 12.6. The fourth-order valence-corrected chi connectivity index (χ4v) is 5.49. The first-order valence-corrected chi connectivity index (χ1v) is 13.8. The molecule has 8 heteroatoms. The Hall–Kier alpha value is -3.62. The number of nitrogens with zero attached hydrogens (tertiary/aromatic N) is 3. The monoisotopic (exact) mass is 515 g/mol. The number of hydrogen-bond acceptors (Lipinski definition) is 5. The van der Waals surface area contributed by atoms with E-state index < -0.39 is 10.8 Å². The molecule has 1 fully saturated rings. The molecule has 0 saturated carbocycles. The van der Waals surface area contributed by atoms with Crippen LogP contribution in [0.15, 0.2) is 66.7 Å². The van der Waals surface area contributed by atoms with E-state index in [-0.39, 0.29) is 6.41 Å². The van der Waals surface area contributed by atoms with Crippen molar-refractivity contribution in [3.63, 3.8) is 0 Å². The molecule has 192 valence electrons. The lowest BCUT2D eigenvalue weighted by Gasteiger charge is -2.26. The molecule has 1 saturated heterocycles. The SMILES string of the molecule is Cc1ccc(Cc2nc(-c3ccc(-c4cccc(CN5CCS(=O)CC5)c4)cc3)n[nH]2)cc1C.NC=O. The van der Waals surface area contributed by atoms with Gasteiger partial charge in [-0.3, -0.25) is 19.0 Å². The van der Waals surface area contributed by atoms with Crippen LogP contribution in [0.5, 0.6) is 0 Å². The van der Waals surface area contributed by atoms with Gasteiger partial charge in [-0.2, -0.15) is 5.10 Å². The molecule has 5 rings (SSSR count). The maximum atomic E-state index is 11.6. The van der Waals surface area contributed by atoms with Crippen LogP contribution in [0.25, 0.3) is 22.5 Å². The maximum Gasteiger partial charge on any atom is 0.204 e. The lowest BCUT2D eigenvalue weighted by Crippen LogP contribution is -2.37. The molecular formula is C29H33N5O2S. The zero-order chi connectivity index (χ0) is 26.2. The van der Waals surface area contributed by atoms with Crippen LogP contribution in [0.1, 0.15) is 28.1 Å². The van der Waals surface area contributed by atoms with Crippen LogP contribution in [0, 0.1) is 13.8 Å². The molecule has 0 bridgehead atoms. The summed E-state index contributed by atoms with van der Waals surface area (Å²) in [5, 5.41) is 7.54. The molecule has 3 N–H and O–H groups in total. The Morgan fingerprint density at radius 1 is 0.919 bits per heavy atom. The van der Waals surface area contributed by atoms with Crippen LogP contribution < -0.4 is 5.73 Å². The number of carbonyl (C=O) groups excluding carboxylic acids is 1. The van der Waals surface area contributed by atoms with Gasteiger partial charge in [0.25, 0.3) is 0 Å². The predicted octanol–water partition coefficient (Wildman–Crippen LogP) is 4.01. The van der Waals surface area contributed by atoms with Gasteiger partial charge in [0.2, 0.25) is 6.41 Å². The zero-order valence-corrected chi connectivity index (χ0v) is 22.1. The molecule has 0 radical (unpaired) electrons. The Morgan fingerprint density at radius 2 is 1.62 bits per heavy atom. The Balaban J connectivity index is 0.00000102. The van der Waals surface area contributed by atoms with E-state index in [2.05, 4.69) is 101 Å². The summed E-state index contributed by atoms with van der Waals surface area (Å²) in [5.74, 6) is 3.17. The number of hydrogen-bond donors (Lipinski definition) is 2. The summed E-state index contributed by atoms with van der Waals surface area (Å²) in [4.78, 5) is 15.7. The van der Waals surface area contributed by atoms with E-state index in [0.29, 0.717) is 0 Å². The number of carbonyl (C=O) groups is 1. The van der Waals surface area contributed by atoms with E-state index in [0.717, 1.165) is 54.8 Å². The van der Waals surface area contributed by atoms with E-state index in [4.69, 9.17) is 9.78 Å².